The number of hydrogen-bond acceptors (Lipinski definition) is 5. The lowest BCUT2D eigenvalue weighted by Crippen LogP contribution is -2.48. The molecule has 7 nitrogen and oxygen atoms in total. The number of nitrogens with zero attached hydrogens (tertiary/aromatic N) is 3. The molecule has 0 aromatic heterocycles. The van der Waals surface area contributed by atoms with Gasteiger partial charge in [0.2, 0.25) is 0 Å². The molecule has 3 N–H and O–H groups in total. The van der Waals surface area contributed by atoms with E-state index < -0.39 is 0 Å². The first-order chi connectivity index (χ1) is 17.4. The van der Waals surface area contributed by atoms with Gasteiger partial charge in [0.15, 0.2) is 0 Å². The molecule has 0 bridgehead atoms. The van der Waals surface area contributed by atoms with Crippen LogP contribution in [0.5, 0.6) is 0 Å². The first kappa shape index (κ1) is 24.7. The number of aromatic nitrogens is 1. The standard InChI is InChI=1S/C29H31N5O2/c1-4-8-23(13-14-30)33-15-17-34(18-16-33)29(36)22-12-11-20(2)26(19-22)31-21(3)27-24-9-6-5-7-10-25(24)32-28(27)35/h4-14,19H,1,15-18,30H2,2-3H3,(H,32,35)/b14-13-,23-8+,31-21?. The molecule has 1 aromatic rings. The number of hydrogen-bond donors (Lipinski definition) is 2. The summed E-state index contributed by atoms with van der Waals surface area (Å²) in [4.78, 5) is 37.7. The highest BCUT2D eigenvalue weighted by molar-refractivity contribution is 6.06. The number of allylic oxidation sites excluding steroid dienone is 3. The van der Waals surface area contributed by atoms with E-state index in [1.165, 1.54) is 6.20 Å². The lowest BCUT2D eigenvalue weighted by Gasteiger charge is -2.36. The molecule has 2 heterocycles. The van der Waals surface area contributed by atoms with E-state index in [1.807, 2.05) is 79.4 Å². The number of carbonyl (C=O) groups is 1. The van der Waals surface area contributed by atoms with E-state index in [0.717, 1.165) is 22.5 Å². The highest BCUT2D eigenvalue weighted by Crippen LogP contribution is 2.26. The van der Waals surface area contributed by atoms with E-state index in [2.05, 4.69) is 16.5 Å². The molecular weight excluding hydrogens is 450 g/mol. The normalized spacial score (nSPS) is 15.1. The quantitative estimate of drug-likeness (QED) is 0.407. The monoisotopic (exact) mass is 481 g/mol. The summed E-state index contributed by atoms with van der Waals surface area (Å²) in [5.41, 5.74) is 11.3. The lowest BCUT2D eigenvalue weighted by molar-refractivity contribution is 0.0672. The minimum atomic E-state index is -0.172. The maximum absolute atomic E-state index is 13.3. The number of aliphatic imine (C=N–C) groups is 1. The van der Waals surface area contributed by atoms with Crippen LogP contribution in [0.3, 0.4) is 0 Å². The van der Waals surface area contributed by atoms with Crippen molar-refractivity contribution in [1.82, 2.24) is 14.8 Å². The third-order valence-corrected chi connectivity index (χ3v) is 6.38. The summed E-state index contributed by atoms with van der Waals surface area (Å²) in [6.45, 7) is 10.1. The Morgan fingerprint density at radius 3 is 2.53 bits per heavy atom. The Morgan fingerprint density at radius 2 is 1.81 bits per heavy atom. The van der Waals surface area contributed by atoms with Crippen molar-refractivity contribution in [3.63, 3.8) is 0 Å². The number of nitrogens with two attached hydrogens (primary N) is 1. The Kier molecular flexibility index (Phi) is 7.49. The summed E-state index contributed by atoms with van der Waals surface area (Å²) in [7, 11) is 0. The van der Waals surface area contributed by atoms with E-state index >= 15 is 0 Å². The van der Waals surface area contributed by atoms with E-state index in [9.17, 15) is 9.59 Å². The number of rotatable bonds is 6. The molecule has 36 heavy (non-hydrogen) atoms. The van der Waals surface area contributed by atoms with Gasteiger partial charge in [0.25, 0.3) is 11.5 Å². The van der Waals surface area contributed by atoms with Gasteiger partial charge in [0.1, 0.15) is 0 Å². The molecule has 1 fully saturated rings. The predicted molar refractivity (Wildman–Crippen MR) is 146 cm³/mol. The number of piperazine rings is 1. The largest absolute Gasteiger partial charge is 0.405 e. The summed E-state index contributed by atoms with van der Waals surface area (Å²) in [6.07, 6.45) is 6.99. The topological polar surface area (TPSA) is 94.8 Å². The van der Waals surface area contributed by atoms with Crippen molar-refractivity contribution in [1.29, 1.82) is 0 Å². The van der Waals surface area contributed by atoms with Gasteiger partial charge in [-0.15, -0.1) is 0 Å². The van der Waals surface area contributed by atoms with Crippen molar-refractivity contribution in [2.45, 2.75) is 13.8 Å². The zero-order valence-corrected chi connectivity index (χ0v) is 20.7. The third-order valence-electron chi connectivity index (χ3n) is 6.38. The molecule has 0 spiro atoms. The van der Waals surface area contributed by atoms with Gasteiger partial charge in [0.05, 0.1) is 17.0 Å². The number of aryl methyl sites for hydroxylation is 1. The van der Waals surface area contributed by atoms with Crippen LogP contribution < -0.4 is 11.3 Å². The summed E-state index contributed by atoms with van der Waals surface area (Å²) in [5, 5.41) is 0. The van der Waals surface area contributed by atoms with Crippen LogP contribution in [0.1, 0.15) is 28.4 Å². The molecule has 0 radical (unpaired) electrons. The number of carbonyl (C=O) groups excluding carboxylic acids is 1. The number of H-pyrrole nitrogens is 1. The predicted octanol–water partition coefficient (Wildman–Crippen LogP) is 4.23. The van der Waals surface area contributed by atoms with Gasteiger partial charge in [0, 0.05) is 48.7 Å². The van der Waals surface area contributed by atoms with Crippen LogP contribution in [-0.4, -0.2) is 52.6 Å². The number of benzene rings is 1. The number of fused-ring (bicyclic) bond motifs is 1. The van der Waals surface area contributed by atoms with Crippen LogP contribution in [0.15, 0.2) is 95.0 Å². The Bertz CT molecular complexity index is 1390. The highest BCUT2D eigenvalue weighted by Gasteiger charge is 2.23. The molecule has 4 rings (SSSR count). The Labute approximate surface area is 211 Å². The van der Waals surface area contributed by atoms with Gasteiger partial charge in [-0.05, 0) is 56.0 Å². The average molecular weight is 482 g/mol. The average Bonchev–Trinajstić information content (AvgIpc) is 3.02. The lowest BCUT2D eigenvalue weighted by atomic mass is 10.1. The molecule has 7 heteroatoms. The fourth-order valence-electron chi connectivity index (χ4n) is 4.48. The molecule has 0 saturated carbocycles. The van der Waals surface area contributed by atoms with Gasteiger partial charge in [-0.25, -0.2) is 0 Å². The summed E-state index contributed by atoms with van der Waals surface area (Å²) in [6, 6.07) is 15.0. The van der Waals surface area contributed by atoms with E-state index in [4.69, 9.17) is 10.7 Å². The fraction of sp³-hybridized carbons (Fsp3) is 0.207. The first-order valence-corrected chi connectivity index (χ1v) is 12.0. The SMILES string of the molecule is C=C/C=C(\C=C/N)N1CCN(C(=O)c2ccc(C)c(N=C(C)c3c4cccccc-4[nH]c3=O)c2)CC1. The van der Waals surface area contributed by atoms with Gasteiger partial charge >= 0.3 is 0 Å². The fourth-order valence-corrected chi connectivity index (χ4v) is 4.48. The van der Waals surface area contributed by atoms with Crippen LogP contribution in [0, 0.1) is 6.92 Å². The number of amides is 1. The maximum Gasteiger partial charge on any atom is 0.258 e. The molecule has 1 aliphatic carbocycles. The molecule has 1 aromatic carbocycles. The van der Waals surface area contributed by atoms with Crippen molar-refractivity contribution < 1.29 is 4.79 Å². The molecule has 2 aliphatic heterocycles. The summed E-state index contributed by atoms with van der Waals surface area (Å²) < 4.78 is 0. The van der Waals surface area contributed by atoms with Crippen molar-refractivity contribution >= 4 is 17.3 Å². The van der Waals surface area contributed by atoms with Crippen LogP contribution in [-0.2, 0) is 0 Å². The Morgan fingerprint density at radius 1 is 1.08 bits per heavy atom. The highest BCUT2D eigenvalue weighted by atomic mass is 16.2. The first-order valence-electron chi connectivity index (χ1n) is 12.0. The number of aromatic amines is 1. The van der Waals surface area contributed by atoms with E-state index in [1.54, 1.807) is 6.08 Å². The molecule has 1 amide bonds. The Balaban J connectivity index is 1.56. The maximum atomic E-state index is 13.3. The van der Waals surface area contributed by atoms with Crippen LogP contribution in [0.2, 0.25) is 0 Å². The molecular formula is C29H31N5O2. The molecule has 184 valence electrons. The molecule has 1 saturated heterocycles. The molecule has 3 aliphatic rings. The van der Waals surface area contributed by atoms with Gasteiger partial charge in [-0.3, -0.25) is 14.6 Å². The zero-order valence-electron chi connectivity index (χ0n) is 20.7. The van der Waals surface area contributed by atoms with Gasteiger partial charge in [-0.2, -0.15) is 0 Å². The zero-order chi connectivity index (χ0) is 25.7. The van der Waals surface area contributed by atoms with Crippen LogP contribution in [0.4, 0.5) is 5.69 Å². The number of nitrogens with one attached hydrogen (secondary N) is 1. The van der Waals surface area contributed by atoms with Crippen molar-refractivity contribution in [2.24, 2.45) is 10.7 Å². The van der Waals surface area contributed by atoms with Crippen molar-refractivity contribution in [3.05, 3.63) is 112 Å². The van der Waals surface area contributed by atoms with E-state index in [0.29, 0.717) is 48.7 Å². The van der Waals surface area contributed by atoms with Crippen LogP contribution >= 0.6 is 0 Å². The molecule has 0 atom stereocenters. The van der Waals surface area contributed by atoms with Crippen molar-refractivity contribution in [3.8, 4) is 11.3 Å². The smallest absolute Gasteiger partial charge is 0.258 e. The van der Waals surface area contributed by atoms with Crippen LogP contribution in [0.25, 0.3) is 11.3 Å². The second-order valence-electron chi connectivity index (χ2n) is 8.73. The van der Waals surface area contributed by atoms with E-state index in [-0.39, 0.29) is 11.5 Å². The van der Waals surface area contributed by atoms with Gasteiger partial charge < -0.3 is 20.5 Å². The van der Waals surface area contributed by atoms with Crippen molar-refractivity contribution in [2.75, 3.05) is 26.2 Å². The van der Waals surface area contributed by atoms with Gasteiger partial charge in [-0.1, -0.05) is 43.0 Å². The molecule has 0 unspecified atom stereocenters. The summed E-state index contributed by atoms with van der Waals surface area (Å²) >= 11 is 0. The minimum absolute atomic E-state index is 0.0315. The third kappa shape index (κ3) is 5.15. The summed E-state index contributed by atoms with van der Waals surface area (Å²) in [5.74, 6) is -0.0315. The Hall–Kier alpha value is -4.39. The minimum Gasteiger partial charge on any atom is -0.405 e. The second kappa shape index (κ2) is 10.9. The second-order valence-corrected chi connectivity index (χ2v) is 8.73.